The Kier molecular flexibility index (Phi) is 5.77. The first-order valence-corrected chi connectivity index (χ1v) is 8.65. The first-order chi connectivity index (χ1) is 11.3. The molecule has 2 rings (SSSR count). The number of carbonyl (C=O) groups excluding carboxylic acids is 1. The van der Waals surface area contributed by atoms with Gasteiger partial charge in [-0.2, -0.15) is 5.10 Å². The van der Waals surface area contributed by atoms with Crippen molar-refractivity contribution in [3.8, 4) is 0 Å². The maximum atomic E-state index is 12.6. The zero-order valence-electron chi connectivity index (χ0n) is 14.4. The lowest BCUT2D eigenvalue weighted by molar-refractivity contribution is -0.137. The summed E-state index contributed by atoms with van der Waals surface area (Å²) in [7, 11) is 3.63. The first-order valence-electron chi connectivity index (χ1n) is 7.77. The van der Waals surface area contributed by atoms with Crippen LogP contribution in [0.15, 0.2) is 17.5 Å². The van der Waals surface area contributed by atoms with Crippen molar-refractivity contribution >= 4 is 23.2 Å². The van der Waals surface area contributed by atoms with Crippen molar-refractivity contribution in [2.45, 2.75) is 39.2 Å². The monoisotopic (exact) mass is 349 g/mol. The van der Waals surface area contributed by atoms with Crippen molar-refractivity contribution in [2.75, 3.05) is 7.05 Å². The Hall–Kier alpha value is -2.15. The second kappa shape index (κ2) is 7.61. The van der Waals surface area contributed by atoms with Crippen LogP contribution in [0, 0.1) is 13.8 Å². The summed E-state index contributed by atoms with van der Waals surface area (Å²) in [6.45, 7) is 4.39. The fourth-order valence-electron chi connectivity index (χ4n) is 2.75. The number of thiophene rings is 1. The third-order valence-corrected chi connectivity index (χ3v) is 5.30. The van der Waals surface area contributed by atoms with E-state index in [-0.39, 0.29) is 24.7 Å². The molecule has 0 aliphatic heterocycles. The van der Waals surface area contributed by atoms with Gasteiger partial charge in [-0.1, -0.05) is 6.07 Å². The van der Waals surface area contributed by atoms with Gasteiger partial charge in [-0.05, 0) is 25.3 Å². The maximum Gasteiger partial charge on any atom is 0.304 e. The van der Waals surface area contributed by atoms with Gasteiger partial charge in [-0.25, -0.2) is 0 Å². The average Bonchev–Trinajstić information content (AvgIpc) is 3.11. The largest absolute Gasteiger partial charge is 0.481 e. The first kappa shape index (κ1) is 18.2. The predicted octanol–water partition coefficient (Wildman–Crippen LogP) is 2.71. The number of aliphatic carboxylic acids is 1. The third-order valence-electron chi connectivity index (χ3n) is 4.27. The molecule has 2 aromatic rings. The van der Waals surface area contributed by atoms with Crippen molar-refractivity contribution in [3.63, 3.8) is 0 Å². The van der Waals surface area contributed by atoms with Gasteiger partial charge in [0, 0.05) is 49.1 Å². The van der Waals surface area contributed by atoms with E-state index in [9.17, 15) is 9.59 Å². The molecule has 0 aliphatic rings. The summed E-state index contributed by atoms with van der Waals surface area (Å²) < 4.78 is 1.81. The molecule has 1 amide bonds. The lowest BCUT2D eigenvalue weighted by Gasteiger charge is -2.20. The molecular weight excluding hydrogens is 326 g/mol. The van der Waals surface area contributed by atoms with Crippen molar-refractivity contribution in [3.05, 3.63) is 39.3 Å². The van der Waals surface area contributed by atoms with Gasteiger partial charge < -0.3 is 10.0 Å². The second-order valence-electron chi connectivity index (χ2n) is 6.04. The van der Waals surface area contributed by atoms with E-state index >= 15 is 0 Å². The fraction of sp³-hybridized carbons (Fsp3) is 0.471. The van der Waals surface area contributed by atoms with Gasteiger partial charge in [0.1, 0.15) is 0 Å². The highest BCUT2D eigenvalue weighted by Gasteiger charge is 2.23. The molecule has 6 nitrogen and oxygen atoms in total. The lowest BCUT2D eigenvalue weighted by atomic mass is 9.98. The summed E-state index contributed by atoms with van der Waals surface area (Å²) in [5.41, 5.74) is 2.99. The summed E-state index contributed by atoms with van der Waals surface area (Å²) in [5.74, 6) is -1.23. The van der Waals surface area contributed by atoms with E-state index in [1.807, 2.05) is 43.1 Å². The molecule has 130 valence electrons. The van der Waals surface area contributed by atoms with Crippen LogP contribution in [-0.2, 0) is 23.2 Å². The van der Waals surface area contributed by atoms with E-state index in [0.717, 1.165) is 21.8 Å². The molecule has 1 atom stereocenters. The van der Waals surface area contributed by atoms with Gasteiger partial charge in [0.25, 0.3) is 0 Å². The number of carboxylic acid groups (broad SMARTS) is 1. The van der Waals surface area contributed by atoms with E-state index in [1.165, 1.54) is 11.3 Å². The number of carbonyl (C=O) groups is 2. The van der Waals surface area contributed by atoms with Crippen LogP contribution in [0.4, 0.5) is 0 Å². The summed E-state index contributed by atoms with van der Waals surface area (Å²) in [4.78, 5) is 26.3. The highest BCUT2D eigenvalue weighted by Crippen LogP contribution is 2.28. The van der Waals surface area contributed by atoms with Crippen LogP contribution >= 0.6 is 11.3 Å². The number of hydrogen-bond donors (Lipinski definition) is 1. The molecule has 7 heteroatoms. The quantitative estimate of drug-likeness (QED) is 0.834. The molecule has 24 heavy (non-hydrogen) atoms. The van der Waals surface area contributed by atoms with Crippen molar-refractivity contribution < 1.29 is 14.7 Å². The Bertz CT molecular complexity index is 722. The molecule has 0 saturated carbocycles. The number of rotatable bonds is 7. The van der Waals surface area contributed by atoms with Crippen LogP contribution in [0.3, 0.4) is 0 Å². The molecule has 0 aromatic carbocycles. The Morgan fingerprint density at radius 3 is 2.58 bits per heavy atom. The fourth-order valence-corrected chi connectivity index (χ4v) is 3.58. The van der Waals surface area contributed by atoms with Gasteiger partial charge in [-0.3, -0.25) is 14.3 Å². The standard InChI is InChI=1S/C17H23N3O3S/c1-11-14(12(2)20(4)18-11)10-19(3)16(21)8-13(9-17(22)23)15-6-5-7-24-15/h5-7,13H,8-10H2,1-4H3,(H,22,23). The van der Waals surface area contributed by atoms with Crippen LogP contribution in [0.5, 0.6) is 0 Å². The molecule has 0 spiro atoms. The molecule has 1 unspecified atom stereocenters. The van der Waals surface area contributed by atoms with Gasteiger partial charge in [0.05, 0.1) is 12.1 Å². The second-order valence-corrected chi connectivity index (χ2v) is 7.02. The zero-order chi connectivity index (χ0) is 17.9. The van der Waals surface area contributed by atoms with Crippen LogP contribution in [0.2, 0.25) is 0 Å². The van der Waals surface area contributed by atoms with Crippen molar-refractivity contribution in [1.82, 2.24) is 14.7 Å². The molecule has 2 heterocycles. The van der Waals surface area contributed by atoms with Crippen LogP contribution in [0.1, 0.15) is 40.6 Å². The summed E-state index contributed by atoms with van der Waals surface area (Å²) in [6, 6.07) is 3.77. The Balaban J connectivity index is 2.07. The van der Waals surface area contributed by atoms with Gasteiger partial charge in [0.15, 0.2) is 0 Å². The summed E-state index contributed by atoms with van der Waals surface area (Å²) >= 11 is 1.49. The summed E-state index contributed by atoms with van der Waals surface area (Å²) in [5, 5.41) is 15.4. The van der Waals surface area contributed by atoms with Gasteiger partial charge >= 0.3 is 5.97 Å². The molecule has 0 fully saturated rings. The van der Waals surface area contributed by atoms with Crippen LogP contribution < -0.4 is 0 Å². The van der Waals surface area contributed by atoms with Crippen molar-refractivity contribution in [2.24, 2.45) is 7.05 Å². The van der Waals surface area contributed by atoms with E-state index < -0.39 is 5.97 Å². The van der Waals surface area contributed by atoms with Crippen LogP contribution in [0.25, 0.3) is 0 Å². The minimum absolute atomic E-state index is 0.0367. The van der Waals surface area contributed by atoms with Gasteiger partial charge in [-0.15, -0.1) is 11.3 Å². The molecule has 0 aliphatic carbocycles. The van der Waals surface area contributed by atoms with Crippen molar-refractivity contribution in [1.29, 1.82) is 0 Å². The Labute approximate surface area is 145 Å². The topological polar surface area (TPSA) is 75.4 Å². The van der Waals surface area contributed by atoms with Crippen LogP contribution in [-0.4, -0.2) is 38.7 Å². The molecule has 0 radical (unpaired) electrons. The molecule has 0 saturated heterocycles. The zero-order valence-corrected chi connectivity index (χ0v) is 15.3. The Morgan fingerprint density at radius 2 is 2.08 bits per heavy atom. The highest BCUT2D eigenvalue weighted by atomic mass is 32.1. The SMILES string of the molecule is Cc1nn(C)c(C)c1CN(C)C(=O)CC(CC(=O)O)c1cccs1. The summed E-state index contributed by atoms with van der Waals surface area (Å²) in [6.07, 6.45) is 0.159. The smallest absolute Gasteiger partial charge is 0.304 e. The predicted molar refractivity (Wildman–Crippen MR) is 93.1 cm³/mol. The maximum absolute atomic E-state index is 12.6. The van der Waals surface area contributed by atoms with E-state index in [1.54, 1.807) is 11.9 Å². The molecule has 2 aromatic heterocycles. The Morgan fingerprint density at radius 1 is 1.38 bits per heavy atom. The van der Waals surface area contributed by atoms with E-state index in [2.05, 4.69) is 5.10 Å². The molecular formula is C17H23N3O3S. The normalized spacial score (nSPS) is 12.2. The van der Waals surface area contributed by atoms with Gasteiger partial charge in [0.2, 0.25) is 5.91 Å². The number of hydrogen-bond acceptors (Lipinski definition) is 4. The van der Waals surface area contributed by atoms with E-state index in [0.29, 0.717) is 6.54 Å². The van der Waals surface area contributed by atoms with E-state index in [4.69, 9.17) is 5.11 Å². The third kappa shape index (κ3) is 4.23. The minimum atomic E-state index is -0.886. The lowest BCUT2D eigenvalue weighted by Crippen LogP contribution is -2.28. The average molecular weight is 349 g/mol. The number of aromatic nitrogens is 2. The highest BCUT2D eigenvalue weighted by molar-refractivity contribution is 7.10. The number of nitrogens with zero attached hydrogens (tertiary/aromatic N) is 3. The number of carboxylic acids is 1. The number of amides is 1. The molecule has 0 bridgehead atoms. The number of aryl methyl sites for hydroxylation is 2. The minimum Gasteiger partial charge on any atom is -0.481 e. The molecule has 1 N–H and O–H groups in total.